The van der Waals surface area contributed by atoms with Gasteiger partial charge in [0.05, 0.1) is 17.1 Å². The second-order valence-electron chi connectivity index (χ2n) is 11.9. The van der Waals surface area contributed by atoms with E-state index in [1.165, 1.54) is 48.8 Å². The third-order valence-corrected chi connectivity index (χ3v) is 10.1. The third-order valence-electron chi connectivity index (χ3n) is 8.93. The molecule has 1 unspecified atom stereocenters. The molecule has 1 aliphatic heterocycles. The van der Waals surface area contributed by atoms with E-state index < -0.39 is 0 Å². The van der Waals surface area contributed by atoms with Crippen molar-refractivity contribution in [2.75, 3.05) is 5.32 Å². The molecule has 1 aliphatic rings. The Morgan fingerprint density at radius 2 is 1.02 bits per heavy atom. The zero-order chi connectivity index (χ0) is 31.2. The second kappa shape index (κ2) is 11.6. The van der Waals surface area contributed by atoms with Crippen LogP contribution in [0.2, 0.25) is 0 Å². The molecule has 0 bridgehead atoms. The van der Waals surface area contributed by atoms with Crippen molar-refractivity contribution in [3.8, 4) is 45.0 Å². The van der Waals surface area contributed by atoms with Crippen LogP contribution in [0.3, 0.4) is 0 Å². The predicted molar refractivity (Wildman–Crippen MR) is 197 cm³/mol. The van der Waals surface area contributed by atoms with Gasteiger partial charge in [0.2, 0.25) is 0 Å². The number of hydrogen-bond acceptors (Lipinski definition) is 4. The molecule has 0 saturated heterocycles. The van der Waals surface area contributed by atoms with Crippen LogP contribution in [-0.2, 0) is 0 Å². The molecule has 0 radical (unpaired) electrons. The van der Waals surface area contributed by atoms with Gasteiger partial charge in [-0.15, -0.1) is 0 Å². The van der Waals surface area contributed by atoms with Crippen molar-refractivity contribution in [1.29, 1.82) is 0 Å². The maximum atomic E-state index is 5.15. The van der Waals surface area contributed by atoms with E-state index in [0.717, 1.165) is 28.1 Å². The van der Waals surface area contributed by atoms with Gasteiger partial charge in [-0.1, -0.05) is 157 Å². The highest BCUT2D eigenvalue weighted by Crippen LogP contribution is 2.50. The number of hydrogen-bond donors (Lipinski definition) is 1. The molecule has 47 heavy (non-hydrogen) atoms. The van der Waals surface area contributed by atoms with Crippen molar-refractivity contribution >= 4 is 39.0 Å². The Hall–Kier alpha value is -5.71. The zero-order valence-corrected chi connectivity index (χ0v) is 26.3. The van der Waals surface area contributed by atoms with Crippen LogP contribution in [0.15, 0.2) is 169 Å². The van der Waals surface area contributed by atoms with Crippen molar-refractivity contribution in [2.24, 2.45) is 0 Å². The molecule has 9 rings (SSSR count). The molecule has 0 saturated carbocycles. The molecule has 3 nitrogen and oxygen atoms in total. The molecule has 7 aromatic carbocycles. The summed E-state index contributed by atoms with van der Waals surface area (Å²) in [5, 5.41) is 8.91. The highest BCUT2D eigenvalue weighted by molar-refractivity contribution is 8.00. The number of thioether (sulfide) groups is 1. The number of fused-ring (bicyclic) bond motifs is 5. The van der Waals surface area contributed by atoms with E-state index in [9.17, 15) is 0 Å². The Morgan fingerprint density at radius 3 is 1.74 bits per heavy atom. The van der Waals surface area contributed by atoms with Crippen LogP contribution in [0.5, 0.6) is 0 Å². The molecule has 1 aromatic heterocycles. The Morgan fingerprint density at radius 1 is 0.468 bits per heavy atom. The first-order valence-corrected chi connectivity index (χ1v) is 16.7. The fraction of sp³-hybridized carbons (Fsp3) is 0.0233. The zero-order valence-electron chi connectivity index (χ0n) is 25.5. The van der Waals surface area contributed by atoms with Gasteiger partial charge in [0.15, 0.2) is 5.82 Å². The minimum absolute atomic E-state index is 0.195. The topological polar surface area (TPSA) is 37.8 Å². The van der Waals surface area contributed by atoms with Crippen molar-refractivity contribution in [3.05, 3.63) is 169 Å². The van der Waals surface area contributed by atoms with E-state index in [4.69, 9.17) is 9.97 Å². The molecule has 0 spiro atoms. The van der Waals surface area contributed by atoms with Crippen molar-refractivity contribution in [1.82, 2.24) is 9.97 Å². The minimum Gasteiger partial charge on any atom is -0.368 e. The fourth-order valence-electron chi connectivity index (χ4n) is 6.53. The highest BCUT2D eigenvalue weighted by atomic mass is 32.2. The van der Waals surface area contributed by atoms with Gasteiger partial charge in [-0.25, -0.2) is 9.97 Å². The van der Waals surface area contributed by atoms with Crippen LogP contribution in [0, 0.1) is 0 Å². The van der Waals surface area contributed by atoms with E-state index in [2.05, 4.69) is 157 Å². The van der Waals surface area contributed by atoms with Crippen molar-refractivity contribution in [2.45, 2.75) is 10.3 Å². The molecule has 8 aromatic rings. The van der Waals surface area contributed by atoms with Crippen LogP contribution < -0.4 is 5.32 Å². The molecule has 1 N–H and O–H groups in total. The highest BCUT2D eigenvalue weighted by Gasteiger charge is 2.25. The van der Waals surface area contributed by atoms with Gasteiger partial charge in [-0.2, -0.15) is 0 Å². The molecule has 0 fully saturated rings. The van der Waals surface area contributed by atoms with E-state index in [0.29, 0.717) is 5.82 Å². The number of anilines is 1. The Bertz CT molecular complexity index is 2390. The summed E-state index contributed by atoms with van der Waals surface area (Å²) in [6, 6.07) is 57.8. The predicted octanol–water partition coefficient (Wildman–Crippen LogP) is 11.7. The summed E-state index contributed by atoms with van der Waals surface area (Å²) < 4.78 is 0. The number of rotatable bonds is 5. The number of nitrogens with one attached hydrogen (secondary N) is 1. The van der Waals surface area contributed by atoms with Crippen LogP contribution in [0.4, 0.5) is 5.69 Å². The summed E-state index contributed by atoms with van der Waals surface area (Å²) in [5.74, 6) is 0.714. The maximum Gasteiger partial charge on any atom is 0.160 e. The lowest BCUT2D eigenvalue weighted by atomic mass is 9.98. The first kappa shape index (κ1) is 27.6. The molecule has 222 valence electrons. The summed E-state index contributed by atoms with van der Waals surface area (Å²) >= 11 is 1.88. The van der Waals surface area contributed by atoms with Gasteiger partial charge in [0.25, 0.3) is 0 Å². The average molecular weight is 620 g/mol. The van der Waals surface area contributed by atoms with E-state index in [-0.39, 0.29) is 5.37 Å². The molecule has 0 aliphatic carbocycles. The fourth-order valence-corrected chi connectivity index (χ4v) is 7.68. The minimum atomic E-state index is 0.195. The summed E-state index contributed by atoms with van der Waals surface area (Å²) in [5.41, 5.74) is 9.80. The molecule has 4 heteroatoms. The first-order chi connectivity index (χ1) is 23.3. The van der Waals surface area contributed by atoms with E-state index >= 15 is 0 Å². The van der Waals surface area contributed by atoms with Crippen molar-refractivity contribution < 1.29 is 0 Å². The van der Waals surface area contributed by atoms with Gasteiger partial charge in [0.1, 0.15) is 5.37 Å². The molecule has 1 atom stereocenters. The maximum absolute atomic E-state index is 5.15. The number of nitrogens with zero attached hydrogens (tertiary/aromatic N) is 2. The van der Waals surface area contributed by atoms with Gasteiger partial charge in [0, 0.05) is 27.0 Å². The average Bonchev–Trinajstić information content (AvgIpc) is 3.60. The van der Waals surface area contributed by atoms with Crippen molar-refractivity contribution in [3.63, 3.8) is 0 Å². The van der Waals surface area contributed by atoms with Gasteiger partial charge >= 0.3 is 0 Å². The lowest BCUT2D eigenvalue weighted by Gasteiger charge is -2.13. The third kappa shape index (κ3) is 5.13. The Kier molecular flexibility index (Phi) is 6.80. The Balaban J connectivity index is 1.14. The summed E-state index contributed by atoms with van der Waals surface area (Å²) in [4.78, 5) is 11.5. The van der Waals surface area contributed by atoms with Gasteiger partial charge < -0.3 is 5.32 Å². The lowest BCUT2D eigenvalue weighted by molar-refractivity contribution is 1.14. The lowest BCUT2D eigenvalue weighted by Crippen LogP contribution is -2.01. The summed E-state index contributed by atoms with van der Waals surface area (Å²) in [6.07, 6.45) is 0. The molecule has 2 heterocycles. The number of benzene rings is 7. The number of aromatic nitrogens is 2. The van der Waals surface area contributed by atoms with Crippen LogP contribution >= 0.6 is 11.8 Å². The largest absolute Gasteiger partial charge is 0.368 e. The van der Waals surface area contributed by atoms with E-state index in [1.807, 2.05) is 23.9 Å². The molecular weight excluding hydrogens is 591 g/mol. The first-order valence-electron chi connectivity index (χ1n) is 15.9. The quantitative estimate of drug-likeness (QED) is 0.195. The van der Waals surface area contributed by atoms with E-state index in [1.54, 1.807) is 0 Å². The SMILES string of the molecule is c1ccc(-c2ccc(-c3cc(-c4ccccc4)nc(-c4ccc5c(ccc6ccc7c(c65)NC(c5ccccc5)S7)c4)n3)cc2)cc1. The Labute approximate surface area is 278 Å². The van der Waals surface area contributed by atoms with Crippen LogP contribution in [-0.4, -0.2) is 9.97 Å². The second-order valence-corrected chi connectivity index (χ2v) is 13.0. The monoisotopic (exact) mass is 619 g/mol. The molecular formula is C43H29N3S. The normalized spacial score (nSPS) is 13.8. The smallest absolute Gasteiger partial charge is 0.160 e. The van der Waals surface area contributed by atoms with Gasteiger partial charge in [-0.05, 0) is 51.0 Å². The summed E-state index contributed by atoms with van der Waals surface area (Å²) in [6.45, 7) is 0. The standard InChI is InChI=1S/C43H29N3S/c1-4-10-28(11-5-1)29-16-18-31(19-17-29)38-27-37(30-12-6-2-7-13-30)44-42(45-38)35-22-24-36-34(26-35)21-20-32-23-25-39-41(40(32)36)46-43(47-39)33-14-8-3-9-15-33/h1-27,43,46H. The van der Waals surface area contributed by atoms with Crippen LogP contribution in [0.1, 0.15) is 10.9 Å². The van der Waals surface area contributed by atoms with Crippen LogP contribution in [0.25, 0.3) is 66.6 Å². The summed E-state index contributed by atoms with van der Waals surface area (Å²) in [7, 11) is 0. The molecule has 0 amide bonds. The van der Waals surface area contributed by atoms with Gasteiger partial charge in [-0.3, -0.25) is 0 Å².